The normalized spacial score (nSPS) is 10.4. The predicted octanol–water partition coefficient (Wildman–Crippen LogP) is 4.39. The van der Waals surface area contributed by atoms with E-state index in [2.05, 4.69) is 25.9 Å². The Morgan fingerprint density at radius 1 is 1.08 bits per heavy atom. The van der Waals surface area contributed by atoms with E-state index in [0.717, 1.165) is 5.69 Å². The highest BCUT2D eigenvalue weighted by Gasteiger charge is 2.11. The van der Waals surface area contributed by atoms with E-state index in [1.165, 1.54) is 22.7 Å². The van der Waals surface area contributed by atoms with E-state index in [1.807, 2.05) is 12.3 Å². The fraction of sp³-hybridized carbons (Fsp3) is 0.125. The van der Waals surface area contributed by atoms with E-state index in [0.29, 0.717) is 26.7 Å². The summed E-state index contributed by atoms with van der Waals surface area (Å²) < 4.78 is 0. The van der Waals surface area contributed by atoms with Crippen molar-refractivity contribution in [3.8, 4) is 0 Å². The van der Waals surface area contributed by atoms with Gasteiger partial charge in [0.2, 0.25) is 5.91 Å². The van der Waals surface area contributed by atoms with Gasteiger partial charge in [-0.15, -0.1) is 22.7 Å². The topological polar surface area (TPSA) is 96.0 Å². The number of benzene rings is 1. The lowest BCUT2D eigenvalue weighted by Gasteiger charge is -2.05. The molecule has 0 aliphatic heterocycles. The summed E-state index contributed by atoms with van der Waals surface area (Å²) in [5.74, 6) is -0.209. The third kappa shape index (κ3) is 5.25. The first-order valence-electron chi connectivity index (χ1n) is 7.48. The summed E-state index contributed by atoms with van der Waals surface area (Å²) in [5.41, 5.74) is 2.00. The number of nitrogens with one attached hydrogen (secondary N) is 3. The van der Waals surface area contributed by atoms with E-state index in [9.17, 15) is 9.59 Å². The Labute approximate surface area is 162 Å². The number of thiazole rings is 2. The largest absolute Gasteiger partial charge is 0.325 e. The van der Waals surface area contributed by atoms with E-state index in [-0.39, 0.29) is 12.3 Å². The van der Waals surface area contributed by atoms with Gasteiger partial charge in [-0.1, -0.05) is 17.7 Å². The first-order chi connectivity index (χ1) is 12.5. The molecule has 3 amide bonds. The van der Waals surface area contributed by atoms with Crippen LogP contribution in [-0.4, -0.2) is 21.9 Å². The molecule has 2 heterocycles. The van der Waals surface area contributed by atoms with Crippen molar-refractivity contribution in [3.63, 3.8) is 0 Å². The quantitative estimate of drug-likeness (QED) is 0.584. The van der Waals surface area contributed by atoms with Crippen LogP contribution >= 0.6 is 34.3 Å². The molecule has 3 aromatic rings. The highest BCUT2D eigenvalue weighted by atomic mass is 35.5. The molecule has 0 fully saturated rings. The molecule has 0 spiro atoms. The van der Waals surface area contributed by atoms with Gasteiger partial charge in [0.1, 0.15) is 0 Å². The highest BCUT2D eigenvalue weighted by Crippen LogP contribution is 2.19. The standard InChI is InChI=1S/C16H14ClN5O2S2/c1-9-7-25-15(18-9)21-13(23)6-12-8-26-16(20-12)22-14(24)19-11-4-2-3-10(17)5-11/h2-5,7-8H,6H2,1H3,(H,18,21,23)(H2,19,20,22,24). The van der Waals surface area contributed by atoms with Gasteiger partial charge in [0.25, 0.3) is 0 Å². The third-order valence-electron chi connectivity index (χ3n) is 3.06. The third-order valence-corrected chi connectivity index (χ3v) is 4.98. The summed E-state index contributed by atoms with van der Waals surface area (Å²) in [7, 11) is 0. The maximum Gasteiger partial charge on any atom is 0.325 e. The molecule has 0 saturated carbocycles. The molecule has 0 bridgehead atoms. The van der Waals surface area contributed by atoms with E-state index >= 15 is 0 Å². The van der Waals surface area contributed by atoms with Gasteiger partial charge < -0.3 is 10.6 Å². The molecule has 3 rings (SSSR count). The Hall–Kier alpha value is -2.49. The van der Waals surface area contributed by atoms with Crippen molar-refractivity contribution in [2.75, 3.05) is 16.0 Å². The molecule has 0 atom stereocenters. The molecule has 2 aromatic heterocycles. The van der Waals surface area contributed by atoms with Crippen LogP contribution in [0.4, 0.5) is 20.7 Å². The number of hydrogen-bond donors (Lipinski definition) is 3. The van der Waals surface area contributed by atoms with Crippen LogP contribution in [0.15, 0.2) is 35.0 Å². The smallest absolute Gasteiger partial charge is 0.308 e. The number of hydrogen-bond acceptors (Lipinski definition) is 6. The van der Waals surface area contributed by atoms with E-state index < -0.39 is 6.03 Å². The number of anilines is 3. The lowest BCUT2D eigenvalue weighted by molar-refractivity contribution is -0.115. The van der Waals surface area contributed by atoms with Crippen LogP contribution in [-0.2, 0) is 11.2 Å². The second-order valence-corrected chi connectivity index (χ2v) is 7.41. The summed E-state index contributed by atoms with van der Waals surface area (Å²) in [4.78, 5) is 32.4. The van der Waals surface area contributed by atoms with Crippen LogP contribution in [0.5, 0.6) is 0 Å². The zero-order valence-corrected chi connectivity index (χ0v) is 16.0. The lowest BCUT2D eigenvalue weighted by Crippen LogP contribution is -2.19. The minimum absolute atomic E-state index is 0.104. The molecule has 0 saturated heterocycles. The van der Waals surface area contributed by atoms with Crippen molar-refractivity contribution in [1.29, 1.82) is 0 Å². The van der Waals surface area contributed by atoms with Crippen molar-refractivity contribution in [1.82, 2.24) is 9.97 Å². The van der Waals surface area contributed by atoms with Crippen LogP contribution in [0.25, 0.3) is 0 Å². The van der Waals surface area contributed by atoms with Gasteiger partial charge in [-0.3, -0.25) is 10.1 Å². The zero-order valence-electron chi connectivity index (χ0n) is 13.6. The molecule has 1 aromatic carbocycles. The summed E-state index contributed by atoms with van der Waals surface area (Å²) in [6.07, 6.45) is 0.104. The SMILES string of the molecule is Cc1csc(NC(=O)Cc2csc(NC(=O)Nc3cccc(Cl)c3)n2)n1. The Bertz CT molecular complexity index is 940. The summed E-state index contributed by atoms with van der Waals surface area (Å²) in [5, 5.41) is 13.1. The summed E-state index contributed by atoms with van der Waals surface area (Å²) >= 11 is 8.49. The molecule has 3 N–H and O–H groups in total. The maximum atomic E-state index is 12.0. The van der Waals surface area contributed by atoms with Crippen molar-refractivity contribution >= 4 is 62.2 Å². The fourth-order valence-electron chi connectivity index (χ4n) is 2.01. The molecule has 134 valence electrons. The minimum atomic E-state index is -0.434. The number of carbonyl (C=O) groups is 2. The Morgan fingerprint density at radius 3 is 2.58 bits per heavy atom. The average molecular weight is 408 g/mol. The summed E-state index contributed by atoms with van der Waals surface area (Å²) in [6.45, 7) is 1.86. The number of urea groups is 1. The van der Waals surface area contributed by atoms with E-state index in [1.54, 1.807) is 29.6 Å². The van der Waals surface area contributed by atoms with Crippen molar-refractivity contribution in [3.05, 3.63) is 51.4 Å². The Morgan fingerprint density at radius 2 is 1.85 bits per heavy atom. The van der Waals surface area contributed by atoms with Crippen LogP contribution in [0.2, 0.25) is 5.02 Å². The molecule has 0 aliphatic rings. The van der Waals surface area contributed by atoms with Gasteiger partial charge >= 0.3 is 6.03 Å². The van der Waals surface area contributed by atoms with Crippen LogP contribution in [0.3, 0.4) is 0 Å². The van der Waals surface area contributed by atoms with Crippen LogP contribution < -0.4 is 16.0 Å². The molecule has 26 heavy (non-hydrogen) atoms. The van der Waals surface area contributed by atoms with Gasteiger partial charge in [-0.2, -0.15) is 0 Å². The maximum absolute atomic E-state index is 12.0. The lowest BCUT2D eigenvalue weighted by atomic mass is 10.3. The fourth-order valence-corrected chi connectivity index (χ4v) is 3.61. The second kappa shape index (κ2) is 8.26. The van der Waals surface area contributed by atoms with Gasteiger partial charge in [-0.05, 0) is 25.1 Å². The highest BCUT2D eigenvalue weighted by molar-refractivity contribution is 7.14. The number of carbonyl (C=O) groups excluding carboxylic acids is 2. The van der Waals surface area contributed by atoms with Crippen LogP contribution in [0.1, 0.15) is 11.4 Å². The van der Waals surface area contributed by atoms with Gasteiger partial charge in [0, 0.05) is 21.5 Å². The summed E-state index contributed by atoms with van der Waals surface area (Å²) in [6, 6.07) is 6.39. The molecule has 0 radical (unpaired) electrons. The monoisotopic (exact) mass is 407 g/mol. The molecular formula is C16H14ClN5O2S2. The number of halogens is 1. The molecule has 10 heteroatoms. The molecule has 0 unspecified atom stereocenters. The number of rotatable bonds is 5. The van der Waals surface area contributed by atoms with Gasteiger partial charge in [-0.25, -0.2) is 14.8 Å². The number of nitrogens with zero attached hydrogens (tertiary/aromatic N) is 2. The predicted molar refractivity (Wildman–Crippen MR) is 105 cm³/mol. The molecule has 7 nitrogen and oxygen atoms in total. The molecular weight excluding hydrogens is 394 g/mol. The second-order valence-electron chi connectivity index (χ2n) is 5.25. The first kappa shape index (κ1) is 18.3. The molecule has 0 aliphatic carbocycles. The van der Waals surface area contributed by atoms with E-state index in [4.69, 9.17) is 11.6 Å². The van der Waals surface area contributed by atoms with Gasteiger partial charge in [0.15, 0.2) is 10.3 Å². The number of amides is 3. The van der Waals surface area contributed by atoms with Gasteiger partial charge in [0.05, 0.1) is 17.8 Å². The van der Waals surface area contributed by atoms with Crippen molar-refractivity contribution in [2.24, 2.45) is 0 Å². The number of aryl methyl sites for hydroxylation is 1. The van der Waals surface area contributed by atoms with Crippen molar-refractivity contribution in [2.45, 2.75) is 13.3 Å². The van der Waals surface area contributed by atoms with Crippen molar-refractivity contribution < 1.29 is 9.59 Å². The average Bonchev–Trinajstić information content (AvgIpc) is 3.16. The number of aromatic nitrogens is 2. The Balaban J connectivity index is 1.52. The minimum Gasteiger partial charge on any atom is -0.308 e. The van der Waals surface area contributed by atoms with Crippen LogP contribution in [0, 0.1) is 6.92 Å². The zero-order chi connectivity index (χ0) is 18.5. The first-order valence-corrected chi connectivity index (χ1v) is 9.61. The Kier molecular flexibility index (Phi) is 5.82.